The molecular weight excluding hydrogens is 336 g/mol. The van der Waals surface area contributed by atoms with Crippen LogP contribution in [0.4, 0.5) is 4.79 Å². The van der Waals surface area contributed by atoms with Gasteiger partial charge in [0.2, 0.25) is 0 Å². The van der Waals surface area contributed by atoms with Gasteiger partial charge in [-0.25, -0.2) is 9.59 Å². The zero-order chi connectivity index (χ0) is 19.3. The Morgan fingerprint density at radius 2 is 1.77 bits per heavy atom. The zero-order valence-electron chi connectivity index (χ0n) is 16.4. The number of nitrogens with zero attached hydrogens (tertiary/aromatic N) is 1. The van der Waals surface area contributed by atoms with Gasteiger partial charge in [0.1, 0.15) is 11.6 Å². The van der Waals surface area contributed by atoms with Crippen LogP contribution < -0.4 is 5.32 Å². The predicted octanol–water partition coefficient (Wildman–Crippen LogP) is 2.62. The summed E-state index contributed by atoms with van der Waals surface area (Å²) in [5.41, 5.74) is -0.620. The minimum absolute atomic E-state index is 0.152. The Morgan fingerprint density at radius 3 is 2.42 bits per heavy atom. The molecule has 26 heavy (non-hydrogen) atoms. The van der Waals surface area contributed by atoms with Gasteiger partial charge in [0, 0.05) is 12.6 Å². The van der Waals surface area contributed by atoms with Crippen LogP contribution in [0.2, 0.25) is 0 Å². The lowest BCUT2D eigenvalue weighted by atomic mass is 9.86. The van der Waals surface area contributed by atoms with Crippen molar-refractivity contribution < 1.29 is 23.9 Å². The molecule has 2 aliphatic rings. The zero-order valence-corrected chi connectivity index (χ0v) is 16.4. The van der Waals surface area contributed by atoms with E-state index in [0.29, 0.717) is 25.3 Å². The molecule has 0 aromatic carbocycles. The van der Waals surface area contributed by atoms with E-state index in [-0.39, 0.29) is 18.6 Å². The largest absolute Gasteiger partial charge is 0.454 e. The van der Waals surface area contributed by atoms with Crippen LogP contribution in [-0.4, -0.2) is 53.7 Å². The summed E-state index contributed by atoms with van der Waals surface area (Å²) >= 11 is 0. The topological polar surface area (TPSA) is 84.9 Å². The highest BCUT2D eigenvalue weighted by molar-refractivity contribution is 5.85. The highest BCUT2D eigenvalue weighted by atomic mass is 16.6. The summed E-state index contributed by atoms with van der Waals surface area (Å²) < 4.78 is 10.5. The second-order valence-electron chi connectivity index (χ2n) is 8.38. The highest BCUT2D eigenvalue weighted by Gasteiger charge is 2.38. The van der Waals surface area contributed by atoms with Crippen molar-refractivity contribution in [1.82, 2.24) is 10.2 Å². The van der Waals surface area contributed by atoms with Crippen molar-refractivity contribution in [3.63, 3.8) is 0 Å². The maximum absolute atomic E-state index is 12.3. The van der Waals surface area contributed by atoms with Crippen molar-refractivity contribution in [3.05, 3.63) is 0 Å². The molecule has 7 nitrogen and oxygen atoms in total. The van der Waals surface area contributed by atoms with E-state index in [2.05, 4.69) is 12.2 Å². The summed E-state index contributed by atoms with van der Waals surface area (Å²) in [6.07, 6.45) is 5.11. The summed E-state index contributed by atoms with van der Waals surface area (Å²) in [4.78, 5) is 38.0. The molecule has 2 amide bonds. The maximum Gasteiger partial charge on any atom is 0.411 e. The van der Waals surface area contributed by atoms with Crippen molar-refractivity contribution in [2.24, 2.45) is 5.92 Å². The van der Waals surface area contributed by atoms with E-state index in [9.17, 15) is 14.4 Å². The smallest absolute Gasteiger partial charge is 0.411 e. The van der Waals surface area contributed by atoms with Crippen molar-refractivity contribution in [2.45, 2.75) is 83.9 Å². The number of carbonyl (C=O) groups is 3. The van der Waals surface area contributed by atoms with E-state index < -0.39 is 23.7 Å². The molecule has 0 unspecified atom stereocenters. The van der Waals surface area contributed by atoms with E-state index in [1.54, 1.807) is 20.8 Å². The molecule has 1 saturated heterocycles. The standard InChI is InChI=1S/C19H32N2O5/c1-13-8-5-6-9-14(13)20-16(22)12-25-17(23)15-10-7-11-21(15)18(24)26-19(2,3)4/h13-15H,5-12H2,1-4H3,(H,20,22)/t13-,14-,15+/m1/s1. The van der Waals surface area contributed by atoms with Crippen molar-refractivity contribution in [3.8, 4) is 0 Å². The fourth-order valence-corrected chi connectivity index (χ4v) is 3.56. The van der Waals surface area contributed by atoms with Gasteiger partial charge in [0.15, 0.2) is 6.61 Å². The number of nitrogens with one attached hydrogen (secondary N) is 1. The van der Waals surface area contributed by atoms with Crippen LogP contribution in [0.25, 0.3) is 0 Å². The molecule has 1 heterocycles. The second kappa shape index (κ2) is 8.73. The number of ether oxygens (including phenoxy) is 2. The quantitative estimate of drug-likeness (QED) is 0.771. The first kappa shape index (κ1) is 20.5. The Bertz CT molecular complexity index is 529. The molecular formula is C19H32N2O5. The number of hydrogen-bond acceptors (Lipinski definition) is 5. The van der Waals surface area contributed by atoms with Gasteiger partial charge in [-0.15, -0.1) is 0 Å². The minimum Gasteiger partial charge on any atom is -0.454 e. The Morgan fingerprint density at radius 1 is 1.08 bits per heavy atom. The summed E-state index contributed by atoms with van der Waals surface area (Å²) in [5, 5.41) is 2.96. The van der Waals surface area contributed by atoms with Crippen molar-refractivity contribution in [2.75, 3.05) is 13.2 Å². The lowest BCUT2D eigenvalue weighted by Crippen LogP contribution is -2.46. The second-order valence-corrected chi connectivity index (χ2v) is 8.38. The third-order valence-corrected chi connectivity index (χ3v) is 4.96. The summed E-state index contributed by atoms with van der Waals surface area (Å²) in [6.45, 7) is 7.63. The number of hydrogen-bond donors (Lipinski definition) is 1. The van der Waals surface area contributed by atoms with Crippen LogP contribution in [0, 0.1) is 5.92 Å². The Kier molecular flexibility index (Phi) is 6.89. The molecule has 1 N–H and O–H groups in total. The maximum atomic E-state index is 12.3. The molecule has 7 heteroatoms. The number of carbonyl (C=O) groups excluding carboxylic acids is 3. The highest BCUT2D eigenvalue weighted by Crippen LogP contribution is 2.24. The van der Waals surface area contributed by atoms with Gasteiger partial charge < -0.3 is 14.8 Å². The number of amides is 2. The first-order valence-electron chi connectivity index (χ1n) is 9.63. The van der Waals surface area contributed by atoms with Gasteiger partial charge in [-0.1, -0.05) is 19.8 Å². The van der Waals surface area contributed by atoms with Crippen LogP contribution in [0.5, 0.6) is 0 Å². The third kappa shape index (κ3) is 5.88. The average molecular weight is 368 g/mol. The summed E-state index contributed by atoms with van der Waals surface area (Å²) in [5.74, 6) is -0.375. The van der Waals surface area contributed by atoms with Gasteiger partial charge in [0.05, 0.1) is 0 Å². The number of rotatable bonds is 4. The molecule has 0 spiro atoms. The van der Waals surface area contributed by atoms with Gasteiger partial charge in [0.25, 0.3) is 5.91 Å². The molecule has 3 atom stereocenters. The molecule has 0 radical (unpaired) electrons. The van der Waals surface area contributed by atoms with Crippen molar-refractivity contribution >= 4 is 18.0 Å². The van der Waals surface area contributed by atoms with Gasteiger partial charge in [-0.05, 0) is 52.4 Å². The molecule has 1 saturated carbocycles. The van der Waals surface area contributed by atoms with Crippen LogP contribution in [-0.2, 0) is 19.1 Å². The minimum atomic E-state index is -0.675. The molecule has 148 valence electrons. The van der Waals surface area contributed by atoms with Crippen LogP contribution in [0.15, 0.2) is 0 Å². The van der Waals surface area contributed by atoms with E-state index in [0.717, 1.165) is 19.3 Å². The average Bonchev–Trinajstić information content (AvgIpc) is 3.03. The Balaban J connectivity index is 1.80. The predicted molar refractivity (Wildman–Crippen MR) is 96.5 cm³/mol. The van der Waals surface area contributed by atoms with Gasteiger partial charge in [-0.2, -0.15) is 0 Å². The fourth-order valence-electron chi connectivity index (χ4n) is 3.56. The number of likely N-dealkylation sites (tertiary alicyclic amines) is 1. The Labute approximate surface area is 155 Å². The van der Waals surface area contributed by atoms with Crippen LogP contribution in [0.1, 0.15) is 66.2 Å². The van der Waals surface area contributed by atoms with E-state index in [1.807, 2.05) is 0 Å². The molecule has 2 fully saturated rings. The monoisotopic (exact) mass is 368 g/mol. The first-order chi connectivity index (χ1) is 12.2. The molecule has 1 aliphatic carbocycles. The Hall–Kier alpha value is -1.79. The normalized spacial score (nSPS) is 26.3. The lowest BCUT2D eigenvalue weighted by Gasteiger charge is -2.29. The van der Waals surface area contributed by atoms with E-state index in [4.69, 9.17) is 9.47 Å². The summed E-state index contributed by atoms with van der Waals surface area (Å²) in [7, 11) is 0. The van der Waals surface area contributed by atoms with Gasteiger partial charge in [-0.3, -0.25) is 9.69 Å². The first-order valence-corrected chi connectivity index (χ1v) is 9.63. The van der Waals surface area contributed by atoms with Crippen molar-refractivity contribution in [1.29, 1.82) is 0 Å². The SMILES string of the molecule is C[C@@H]1CCCC[C@H]1NC(=O)COC(=O)[C@@H]1CCCN1C(=O)OC(C)(C)C. The fraction of sp³-hybridized carbons (Fsp3) is 0.842. The summed E-state index contributed by atoms with van der Waals surface area (Å²) in [6, 6.07) is -0.522. The van der Waals surface area contributed by atoms with E-state index in [1.165, 1.54) is 11.3 Å². The molecule has 2 rings (SSSR count). The molecule has 1 aliphatic heterocycles. The number of esters is 1. The van der Waals surface area contributed by atoms with Crippen LogP contribution in [0.3, 0.4) is 0 Å². The van der Waals surface area contributed by atoms with Gasteiger partial charge >= 0.3 is 12.1 Å². The molecule has 0 aromatic heterocycles. The third-order valence-electron chi connectivity index (χ3n) is 4.96. The lowest BCUT2D eigenvalue weighted by molar-refractivity contribution is -0.153. The molecule has 0 aromatic rings. The molecule has 0 bridgehead atoms. The van der Waals surface area contributed by atoms with Crippen LogP contribution >= 0.6 is 0 Å². The van der Waals surface area contributed by atoms with E-state index >= 15 is 0 Å².